The molecule has 3 rings (SSSR count). The zero-order valence-electron chi connectivity index (χ0n) is 11.4. The van der Waals surface area contributed by atoms with Crippen molar-refractivity contribution in [3.63, 3.8) is 0 Å². The van der Waals surface area contributed by atoms with E-state index in [0.29, 0.717) is 5.02 Å². The number of hydrogen-bond acceptors (Lipinski definition) is 3. The van der Waals surface area contributed by atoms with Gasteiger partial charge in [0.25, 0.3) is 0 Å². The number of nitrogens with zero attached hydrogens (tertiary/aromatic N) is 2. The Morgan fingerprint density at radius 2 is 1.82 bits per heavy atom. The summed E-state index contributed by atoms with van der Waals surface area (Å²) in [5.41, 5.74) is 6.15. The molecule has 110 valence electrons. The van der Waals surface area contributed by atoms with Gasteiger partial charge in [-0.15, -0.1) is 0 Å². The van der Waals surface area contributed by atoms with E-state index in [1.807, 2.05) is 12.1 Å². The first kappa shape index (κ1) is 14.3. The smallest absolute Gasteiger partial charge is 0.123 e. The lowest BCUT2D eigenvalue weighted by Gasteiger charge is -2.01. The van der Waals surface area contributed by atoms with Gasteiger partial charge < -0.3 is 0 Å². The molecule has 0 unspecified atom stereocenters. The normalized spacial score (nSPS) is 11.0. The molecule has 2 aromatic carbocycles. The van der Waals surface area contributed by atoms with Crippen molar-refractivity contribution in [2.45, 2.75) is 0 Å². The van der Waals surface area contributed by atoms with Gasteiger partial charge >= 0.3 is 0 Å². The molecule has 2 N–H and O–H groups in total. The van der Waals surface area contributed by atoms with E-state index in [-0.39, 0.29) is 5.82 Å². The van der Waals surface area contributed by atoms with Crippen LogP contribution in [-0.2, 0) is 0 Å². The lowest BCUT2D eigenvalue weighted by Crippen LogP contribution is -1.91. The number of rotatable bonds is 4. The Bertz CT molecular complexity index is 779. The predicted octanol–water partition coefficient (Wildman–Crippen LogP) is 4.32. The molecule has 4 nitrogen and oxygen atoms in total. The summed E-state index contributed by atoms with van der Waals surface area (Å²) in [5, 5.41) is 11.7. The quantitative estimate of drug-likeness (QED) is 0.557. The minimum Gasteiger partial charge on any atom is -0.279 e. The van der Waals surface area contributed by atoms with E-state index in [0.717, 1.165) is 22.5 Å². The van der Waals surface area contributed by atoms with Crippen molar-refractivity contribution in [2.75, 3.05) is 5.43 Å². The minimum atomic E-state index is -0.275. The second kappa shape index (κ2) is 6.41. The van der Waals surface area contributed by atoms with Crippen molar-refractivity contribution in [3.05, 3.63) is 71.1 Å². The summed E-state index contributed by atoms with van der Waals surface area (Å²) in [5.74, 6) is -0.275. The Labute approximate surface area is 131 Å². The van der Waals surface area contributed by atoms with Crippen LogP contribution in [0.3, 0.4) is 0 Å². The number of anilines is 1. The number of H-pyrrole nitrogens is 1. The third-order valence-electron chi connectivity index (χ3n) is 3.04. The maximum atomic E-state index is 13.0. The van der Waals surface area contributed by atoms with Crippen LogP contribution < -0.4 is 5.43 Å². The van der Waals surface area contributed by atoms with Crippen LogP contribution >= 0.6 is 11.6 Å². The monoisotopic (exact) mass is 314 g/mol. The zero-order chi connectivity index (χ0) is 15.4. The van der Waals surface area contributed by atoms with Crippen molar-refractivity contribution in [2.24, 2.45) is 5.10 Å². The molecule has 0 aliphatic heterocycles. The average Bonchev–Trinajstić information content (AvgIpc) is 2.98. The number of hydrazone groups is 1. The van der Waals surface area contributed by atoms with Gasteiger partial charge in [0.1, 0.15) is 5.82 Å². The van der Waals surface area contributed by atoms with Crippen LogP contribution in [0.2, 0.25) is 5.02 Å². The average molecular weight is 315 g/mol. The summed E-state index contributed by atoms with van der Waals surface area (Å²) in [6, 6.07) is 13.4. The molecule has 22 heavy (non-hydrogen) atoms. The summed E-state index contributed by atoms with van der Waals surface area (Å²) < 4.78 is 13.0. The van der Waals surface area contributed by atoms with Crippen LogP contribution in [0, 0.1) is 5.82 Å². The van der Waals surface area contributed by atoms with Crippen LogP contribution in [0.5, 0.6) is 0 Å². The van der Waals surface area contributed by atoms with Gasteiger partial charge in [-0.1, -0.05) is 11.6 Å². The Hall–Kier alpha value is -2.66. The molecule has 0 amide bonds. The molecule has 0 radical (unpaired) electrons. The number of hydrogen-bond donors (Lipinski definition) is 2. The van der Waals surface area contributed by atoms with Crippen molar-refractivity contribution in [3.8, 4) is 11.3 Å². The number of aromatic amines is 1. The molecule has 3 aromatic rings. The molecule has 6 heteroatoms. The van der Waals surface area contributed by atoms with Gasteiger partial charge in [0.05, 0.1) is 23.8 Å². The maximum absolute atomic E-state index is 13.0. The Kier molecular flexibility index (Phi) is 4.16. The van der Waals surface area contributed by atoms with Crippen LogP contribution in [0.4, 0.5) is 10.1 Å². The summed E-state index contributed by atoms with van der Waals surface area (Å²) in [6.07, 6.45) is 3.31. The van der Waals surface area contributed by atoms with Gasteiger partial charge in [0.2, 0.25) is 0 Å². The second-order valence-corrected chi connectivity index (χ2v) is 5.02. The van der Waals surface area contributed by atoms with Gasteiger partial charge in [-0.2, -0.15) is 10.2 Å². The second-order valence-electron chi connectivity index (χ2n) is 4.58. The highest BCUT2D eigenvalue weighted by Gasteiger charge is 2.05. The first-order valence-corrected chi connectivity index (χ1v) is 6.94. The Morgan fingerprint density at radius 3 is 2.55 bits per heavy atom. The van der Waals surface area contributed by atoms with E-state index in [9.17, 15) is 4.39 Å². The van der Waals surface area contributed by atoms with Gasteiger partial charge in [0.15, 0.2) is 0 Å². The highest BCUT2D eigenvalue weighted by Crippen LogP contribution is 2.20. The fourth-order valence-electron chi connectivity index (χ4n) is 1.94. The van der Waals surface area contributed by atoms with Crippen LogP contribution in [0.1, 0.15) is 5.56 Å². The lowest BCUT2D eigenvalue weighted by molar-refractivity contribution is 0.628. The molecule has 0 aliphatic rings. The maximum Gasteiger partial charge on any atom is 0.123 e. The van der Waals surface area contributed by atoms with E-state index in [2.05, 4.69) is 20.7 Å². The van der Waals surface area contributed by atoms with Crippen molar-refractivity contribution >= 4 is 23.5 Å². The number of benzene rings is 2. The van der Waals surface area contributed by atoms with Gasteiger partial charge in [-0.05, 0) is 48.5 Å². The predicted molar refractivity (Wildman–Crippen MR) is 86.7 cm³/mol. The number of halogens is 2. The molecular weight excluding hydrogens is 303 g/mol. The third kappa shape index (κ3) is 3.32. The fourth-order valence-corrected chi connectivity index (χ4v) is 2.07. The topological polar surface area (TPSA) is 53.1 Å². The summed E-state index contributed by atoms with van der Waals surface area (Å²) >= 11 is 5.82. The van der Waals surface area contributed by atoms with Crippen molar-refractivity contribution in [1.29, 1.82) is 0 Å². The summed E-state index contributed by atoms with van der Waals surface area (Å²) in [4.78, 5) is 0. The standard InChI is InChI=1S/C16H12ClFN4/c17-13-3-7-15(8-4-13)21-19-9-12-10-20-22-16(12)11-1-5-14(18)6-2-11/h1-10,21H,(H,20,22)/b19-9-. The minimum absolute atomic E-state index is 0.275. The van der Waals surface area contributed by atoms with Gasteiger partial charge in [0, 0.05) is 16.1 Å². The molecule has 0 fully saturated rings. The van der Waals surface area contributed by atoms with Crippen LogP contribution in [0.25, 0.3) is 11.3 Å². The molecule has 0 spiro atoms. The van der Waals surface area contributed by atoms with Gasteiger partial charge in [-0.25, -0.2) is 4.39 Å². The first-order chi connectivity index (χ1) is 10.7. The molecule has 0 aliphatic carbocycles. The highest BCUT2D eigenvalue weighted by atomic mass is 35.5. The Balaban J connectivity index is 1.76. The molecular formula is C16H12ClFN4. The third-order valence-corrected chi connectivity index (χ3v) is 3.30. The lowest BCUT2D eigenvalue weighted by atomic mass is 10.1. The molecule has 0 saturated heterocycles. The van der Waals surface area contributed by atoms with Crippen molar-refractivity contribution in [1.82, 2.24) is 10.2 Å². The largest absolute Gasteiger partial charge is 0.279 e. The van der Waals surface area contributed by atoms with E-state index >= 15 is 0 Å². The van der Waals surface area contributed by atoms with Crippen LogP contribution in [0.15, 0.2) is 59.8 Å². The summed E-state index contributed by atoms with van der Waals surface area (Å²) in [7, 11) is 0. The highest BCUT2D eigenvalue weighted by molar-refractivity contribution is 6.30. The SMILES string of the molecule is Fc1ccc(-c2[nH]ncc2/C=N\Nc2ccc(Cl)cc2)cc1. The molecule has 1 aromatic heterocycles. The van der Waals surface area contributed by atoms with Gasteiger partial charge in [-0.3, -0.25) is 10.5 Å². The van der Waals surface area contributed by atoms with Crippen LogP contribution in [-0.4, -0.2) is 16.4 Å². The van der Waals surface area contributed by atoms with E-state index < -0.39 is 0 Å². The Morgan fingerprint density at radius 1 is 1.09 bits per heavy atom. The molecule has 0 atom stereocenters. The number of nitrogens with one attached hydrogen (secondary N) is 2. The molecule has 1 heterocycles. The van der Waals surface area contributed by atoms with Crippen molar-refractivity contribution < 1.29 is 4.39 Å². The summed E-state index contributed by atoms with van der Waals surface area (Å²) in [6.45, 7) is 0. The van der Waals surface area contributed by atoms with E-state index in [1.54, 1.807) is 36.7 Å². The molecule has 0 bridgehead atoms. The molecule has 0 saturated carbocycles. The van der Waals surface area contributed by atoms with E-state index in [1.165, 1.54) is 12.1 Å². The number of aromatic nitrogens is 2. The zero-order valence-corrected chi connectivity index (χ0v) is 12.2. The first-order valence-electron chi connectivity index (χ1n) is 6.56. The fraction of sp³-hybridized carbons (Fsp3) is 0. The van der Waals surface area contributed by atoms with E-state index in [4.69, 9.17) is 11.6 Å².